The number of aryl methyl sites for hydroxylation is 1. The van der Waals surface area contributed by atoms with Gasteiger partial charge >= 0.3 is 0 Å². The van der Waals surface area contributed by atoms with Gasteiger partial charge in [0.05, 0.1) is 0 Å². The van der Waals surface area contributed by atoms with Gasteiger partial charge in [0, 0.05) is 12.4 Å². The van der Waals surface area contributed by atoms with E-state index in [-0.39, 0.29) is 0 Å². The summed E-state index contributed by atoms with van der Waals surface area (Å²) in [6.07, 6.45) is 6.45. The van der Waals surface area contributed by atoms with E-state index in [1.165, 1.54) is 24.0 Å². The molecule has 0 spiro atoms. The highest BCUT2D eigenvalue weighted by atomic mass is 14.6. The molecule has 2 rings (SSSR count). The highest BCUT2D eigenvalue weighted by Gasteiger charge is 2.17. The van der Waals surface area contributed by atoms with Crippen LogP contribution in [0.2, 0.25) is 0 Å². The van der Waals surface area contributed by atoms with E-state index in [0.717, 1.165) is 5.92 Å². The molecule has 0 N–H and O–H groups in total. The molecule has 0 aliphatic heterocycles. The molecule has 10 heavy (non-hydrogen) atoms. The first-order valence-corrected chi connectivity index (χ1v) is 3.80. The lowest BCUT2D eigenvalue weighted by Crippen LogP contribution is -1.86. The second kappa shape index (κ2) is 2.08. The number of pyridine rings is 1. The van der Waals surface area contributed by atoms with Crippen molar-refractivity contribution < 1.29 is 0 Å². The average molecular weight is 133 g/mol. The van der Waals surface area contributed by atoms with Crippen LogP contribution < -0.4 is 0 Å². The van der Waals surface area contributed by atoms with E-state index in [0.29, 0.717) is 0 Å². The van der Waals surface area contributed by atoms with Crippen LogP contribution in [0.5, 0.6) is 0 Å². The van der Waals surface area contributed by atoms with Crippen molar-refractivity contribution in [2.24, 2.45) is 0 Å². The second-order valence-corrected chi connectivity index (χ2v) is 3.01. The van der Waals surface area contributed by atoms with Crippen molar-refractivity contribution in [3.05, 3.63) is 29.6 Å². The summed E-state index contributed by atoms with van der Waals surface area (Å²) < 4.78 is 0. The monoisotopic (exact) mass is 133 g/mol. The van der Waals surface area contributed by atoms with Crippen LogP contribution >= 0.6 is 0 Å². The van der Waals surface area contributed by atoms with Crippen LogP contribution in [0.3, 0.4) is 0 Å². The van der Waals surface area contributed by atoms with Gasteiger partial charge in [0.25, 0.3) is 0 Å². The largest absolute Gasteiger partial charge is 0.264 e. The number of hydrogen-bond acceptors (Lipinski definition) is 1. The van der Waals surface area contributed by atoms with Crippen molar-refractivity contribution in [2.75, 3.05) is 0 Å². The summed E-state index contributed by atoms with van der Waals surface area (Å²) in [7, 11) is 0. The molecule has 1 atom stereocenters. The van der Waals surface area contributed by atoms with Crippen LogP contribution in [0.1, 0.15) is 30.4 Å². The van der Waals surface area contributed by atoms with Gasteiger partial charge in [-0.2, -0.15) is 0 Å². The number of rotatable bonds is 0. The molecule has 1 heterocycles. The summed E-state index contributed by atoms with van der Waals surface area (Å²) in [6, 6.07) is 2.14. The van der Waals surface area contributed by atoms with Crippen LogP contribution in [0.25, 0.3) is 0 Å². The normalized spacial score (nSPS) is 22.7. The third kappa shape index (κ3) is 0.737. The maximum Gasteiger partial charge on any atom is 0.0305 e. The molecule has 0 saturated carbocycles. The fourth-order valence-electron chi connectivity index (χ4n) is 1.63. The van der Waals surface area contributed by atoms with Crippen molar-refractivity contribution in [3.63, 3.8) is 0 Å². The van der Waals surface area contributed by atoms with Gasteiger partial charge in [-0.15, -0.1) is 0 Å². The topological polar surface area (TPSA) is 12.9 Å². The smallest absolute Gasteiger partial charge is 0.0305 e. The number of fused-ring (bicyclic) bond motifs is 1. The number of hydrogen-bond donors (Lipinski definition) is 0. The van der Waals surface area contributed by atoms with E-state index in [4.69, 9.17) is 0 Å². The Bertz CT molecular complexity index is 242. The Balaban J connectivity index is 2.51. The molecule has 1 aromatic rings. The van der Waals surface area contributed by atoms with E-state index < -0.39 is 0 Å². The summed E-state index contributed by atoms with van der Waals surface area (Å²) in [4.78, 5) is 4.11. The first kappa shape index (κ1) is 5.90. The van der Waals surface area contributed by atoms with Crippen molar-refractivity contribution in [3.8, 4) is 0 Å². The highest BCUT2D eigenvalue weighted by Crippen LogP contribution is 2.30. The fraction of sp³-hybridized carbons (Fsp3) is 0.444. The van der Waals surface area contributed by atoms with E-state index >= 15 is 0 Å². The Labute approximate surface area is 61.1 Å². The molecule has 1 aliphatic carbocycles. The fourth-order valence-corrected chi connectivity index (χ4v) is 1.63. The molecule has 0 amide bonds. The molecule has 52 valence electrons. The van der Waals surface area contributed by atoms with Gasteiger partial charge in [-0.1, -0.05) is 6.92 Å². The van der Waals surface area contributed by atoms with Gasteiger partial charge in [-0.3, -0.25) is 4.98 Å². The van der Waals surface area contributed by atoms with E-state index in [9.17, 15) is 0 Å². The zero-order valence-corrected chi connectivity index (χ0v) is 6.17. The van der Waals surface area contributed by atoms with Gasteiger partial charge < -0.3 is 0 Å². The Morgan fingerprint density at radius 2 is 2.50 bits per heavy atom. The van der Waals surface area contributed by atoms with Crippen LogP contribution in [0.15, 0.2) is 18.5 Å². The molecule has 1 heteroatoms. The third-order valence-electron chi connectivity index (χ3n) is 2.32. The van der Waals surface area contributed by atoms with Gasteiger partial charge in [-0.05, 0) is 36.0 Å². The average Bonchev–Trinajstić information content (AvgIpc) is 2.34. The molecule has 0 saturated heterocycles. The second-order valence-electron chi connectivity index (χ2n) is 3.01. The van der Waals surface area contributed by atoms with Gasteiger partial charge in [0.1, 0.15) is 0 Å². The lowest BCUT2D eigenvalue weighted by Gasteiger charge is -2.00. The van der Waals surface area contributed by atoms with Gasteiger partial charge in [0.2, 0.25) is 0 Å². The lowest BCUT2D eigenvalue weighted by atomic mass is 10.1. The number of aromatic nitrogens is 1. The van der Waals surface area contributed by atoms with Gasteiger partial charge in [-0.25, -0.2) is 0 Å². The Morgan fingerprint density at radius 1 is 1.60 bits per heavy atom. The van der Waals surface area contributed by atoms with Crippen molar-refractivity contribution in [1.82, 2.24) is 4.98 Å². The SMILES string of the molecule is C[C@H]1CCc2ccncc21. The molecule has 0 aromatic carbocycles. The predicted octanol–water partition coefficient (Wildman–Crippen LogP) is 2.13. The summed E-state index contributed by atoms with van der Waals surface area (Å²) in [6.45, 7) is 2.27. The van der Waals surface area contributed by atoms with E-state index in [1.54, 1.807) is 0 Å². The van der Waals surface area contributed by atoms with Crippen molar-refractivity contribution >= 4 is 0 Å². The lowest BCUT2D eigenvalue weighted by molar-refractivity contribution is 0.745. The minimum absolute atomic E-state index is 0.740. The van der Waals surface area contributed by atoms with Crippen LogP contribution in [0.4, 0.5) is 0 Å². The molecule has 1 aliphatic rings. The minimum Gasteiger partial charge on any atom is -0.264 e. The zero-order valence-electron chi connectivity index (χ0n) is 6.17. The summed E-state index contributed by atoms with van der Waals surface area (Å²) in [5.41, 5.74) is 2.96. The quantitative estimate of drug-likeness (QED) is 0.528. The van der Waals surface area contributed by atoms with Crippen molar-refractivity contribution in [2.45, 2.75) is 25.7 Å². The molecule has 0 radical (unpaired) electrons. The summed E-state index contributed by atoms with van der Waals surface area (Å²) in [5.74, 6) is 0.740. The molecule has 1 aromatic heterocycles. The minimum atomic E-state index is 0.740. The van der Waals surface area contributed by atoms with E-state index in [2.05, 4.69) is 18.0 Å². The molecular formula is C9H11N. The zero-order chi connectivity index (χ0) is 6.97. The first-order valence-electron chi connectivity index (χ1n) is 3.80. The Morgan fingerprint density at radius 3 is 3.30 bits per heavy atom. The maximum atomic E-state index is 4.11. The van der Waals surface area contributed by atoms with Crippen LogP contribution in [-0.2, 0) is 6.42 Å². The van der Waals surface area contributed by atoms with Crippen LogP contribution in [0, 0.1) is 0 Å². The first-order chi connectivity index (χ1) is 4.88. The van der Waals surface area contributed by atoms with Crippen molar-refractivity contribution in [1.29, 1.82) is 0 Å². The molecule has 0 unspecified atom stereocenters. The predicted molar refractivity (Wildman–Crippen MR) is 41.0 cm³/mol. The Hall–Kier alpha value is -0.850. The van der Waals surface area contributed by atoms with E-state index in [1.807, 2.05) is 12.4 Å². The highest BCUT2D eigenvalue weighted by molar-refractivity contribution is 5.31. The van der Waals surface area contributed by atoms with Crippen LogP contribution in [-0.4, -0.2) is 4.98 Å². The summed E-state index contributed by atoms with van der Waals surface area (Å²) >= 11 is 0. The Kier molecular flexibility index (Phi) is 1.23. The van der Waals surface area contributed by atoms with Gasteiger partial charge in [0.15, 0.2) is 0 Å². The third-order valence-corrected chi connectivity index (χ3v) is 2.32. The maximum absolute atomic E-state index is 4.11. The molecule has 0 fully saturated rings. The molecule has 1 nitrogen and oxygen atoms in total. The molecule has 0 bridgehead atoms. The number of nitrogens with zero attached hydrogens (tertiary/aromatic N) is 1. The standard InChI is InChI=1S/C9H11N/c1-7-2-3-8-4-5-10-6-9(7)8/h4-7H,2-3H2,1H3/t7-/m0/s1. The molecular weight excluding hydrogens is 122 g/mol. The summed E-state index contributed by atoms with van der Waals surface area (Å²) in [5, 5.41) is 0.